The van der Waals surface area contributed by atoms with Crippen molar-refractivity contribution in [3.8, 4) is 11.5 Å². The van der Waals surface area contributed by atoms with E-state index in [1.807, 2.05) is 0 Å². The van der Waals surface area contributed by atoms with Gasteiger partial charge in [-0.1, -0.05) is 5.16 Å². The molecule has 3 heterocycles. The zero-order valence-corrected chi connectivity index (χ0v) is 14.9. The average Bonchev–Trinajstić information content (AvgIpc) is 3.19. The van der Waals surface area contributed by atoms with Gasteiger partial charge in [0.25, 0.3) is 5.91 Å². The highest BCUT2D eigenvalue weighted by atomic mass is 19.1. The van der Waals surface area contributed by atoms with Crippen LogP contribution in [0.25, 0.3) is 11.5 Å². The molecule has 4 rings (SSSR count). The van der Waals surface area contributed by atoms with Gasteiger partial charge in [-0.3, -0.25) is 9.78 Å². The molecule has 0 atom stereocenters. The summed E-state index contributed by atoms with van der Waals surface area (Å²) in [5, 5.41) is 3.92. The Morgan fingerprint density at radius 2 is 2.04 bits per heavy atom. The lowest BCUT2D eigenvalue weighted by Gasteiger charge is -2.31. The van der Waals surface area contributed by atoms with Crippen molar-refractivity contribution >= 4 is 5.91 Å². The number of nitrogens with zero attached hydrogens (tertiary/aromatic N) is 5. The zero-order valence-electron chi connectivity index (χ0n) is 14.9. The van der Waals surface area contributed by atoms with Crippen LogP contribution in [0.1, 0.15) is 29.1 Å². The molecule has 0 aliphatic carbocycles. The molecule has 1 aliphatic heterocycles. The fraction of sp³-hybridized carbons (Fsp3) is 0.316. The summed E-state index contributed by atoms with van der Waals surface area (Å²) in [6.45, 7) is 0.926. The predicted molar refractivity (Wildman–Crippen MR) is 94.0 cm³/mol. The van der Waals surface area contributed by atoms with E-state index < -0.39 is 17.5 Å². The maximum absolute atomic E-state index is 13.8. The van der Waals surface area contributed by atoms with Crippen molar-refractivity contribution in [2.24, 2.45) is 5.92 Å². The number of hydrogen-bond acceptors (Lipinski definition) is 6. The number of benzene rings is 1. The monoisotopic (exact) mass is 385 g/mol. The smallest absolute Gasteiger partial charge is 0.256 e. The zero-order chi connectivity index (χ0) is 19.5. The molecule has 7 nitrogen and oxygen atoms in total. The Morgan fingerprint density at radius 1 is 1.21 bits per heavy atom. The van der Waals surface area contributed by atoms with E-state index in [1.165, 1.54) is 0 Å². The summed E-state index contributed by atoms with van der Waals surface area (Å²) in [5.74, 6) is -0.681. The lowest BCUT2D eigenvalue weighted by atomic mass is 9.93. The Hall–Kier alpha value is -3.23. The minimum Gasteiger partial charge on any atom is -0.339 e. The average molecular weight is 385 g/mol. The maximum Gasteiger partial charge on any atom is 0.256 e. The standard InChI is InChI=1S/C19H17F2N5O2/c20-13-1-2-15(21)14(10-13)19(27)26-7-3-12(4-8-26)9-17-24-18(25-28-17)16-11-22-5-6-23-16/h1-2,5-6,10-12H,3-4,7-9H2. The summed E-state index contributed by atoms with van der Waals surface area (Å²) in [6, 6.07) is 2.91. The van der Waals surface area contributed by atoms with E-state index in [9.17, 15) is 13.6 Å². The number of piperidine rings is 1. The predicted octanol–water partition coefficient (Wildman–Crippen LogP) is 2.90. The molecule has 3 aromatic rings. The molecule has 0 radical (unpaired) electrons. The lowest BCUT2D eigenvalue weighted by molar-refractivity contribution is 0.0682. The van der Waals surface area contributed by atoms with E-state index in [4.69, 9.17) is 4.52 Å². The van der Waals surface area contributed by atoms with Crippen molar-refractivity contribution in [3.05, 3.63) is 59.9 Å². The molecule has 1 aliphatic rings. The van der Waals surface area contributed by atoms with Gasteiger partial charge in [0.1, 0.15) is 17.3 Å². The molecule has 1 saturated heterocycles. The van der Waals surface area contributed by atoms with Gasteiger partial charge in [0.15, 0.2) is 0 Å². The molecule has 0 saturated carbocycles. The SMILES string of the molecule is O=C(c1cc(F)ccc1F)N1CCC(Cc2nc(-c3cnccn3)no2)CC1. The molecule has 0 spiro atoms. The number of likely N-dealkylation sites (tertiary alicyclic amines) is 1. The van der Waals surface area contributed by atoms with Crippen molar-refractivity contribution in [1.29, 1.82) is 0 Å². The van der Waals surface area contributed by atoms with Crippen LogP contribution >= 0.6 is 0 Å². The Kier molecular flexibility index (Phi) is 5.05. The second kappa shape index (κ2) is 7.79. The van der Waals surface area contributed by atoms with Gasteiger partial charge in [-0.05, 0) is 37.0 Å². The number of rotatable bonds is 4. The largest absolute Gasteiger partial charge is 0.339 e. The molecule has 28 heavy (non-hydrogen) atoms. The van der Waals surface area contributed by atoms with E-state index in [-0.39, 0.29) is 11.5 Å². The third kappa shape index (κ3) is 3.88. The van der Waals surface area contributed by atoms with Gasteiger partial charge in [0.2, 0.25) is 11.7 Å². The van der Waals surface area contributed by atoms with Crippen LogP contribution in [0.3, 0.4) is 0 Å². The Bertz CT molecular complexity index is 971. The number of carbonyl (C=O) groups is 1. The highest BCUT2D eigenvalue weighted by molar-refractivity contribution is 5.94. The molecular formula is C19H17F2N5O2. The first-order chi connectivity index (χ1) is 13.6. The van der Waals surface area contributed by atoms with Gasteiger partial charge in [-0.2, -0.15) is 4.98 Å². The van der Waals surface area contributed by atoms with Crippen LogP contribution in [0.2, 0.25) is 0 Å². The van der Waals surface area contributed by atoms with Gasteiger partial charge in [-0.15, -0.1) is 0 Å². The van der Waals surface area contributed by atoms with Crippen molar-refractivity contribution in [2.75, 3.05) is 13.1 Å². The third-order valence-electron chi connectivity index (χ3n) is 4.78. The van der Waals surface area contributed by atoms with E-state index in [2.05, 4.69) is 20.1 Å². The first-order valence-corrected chi connectivity index (χ1v) is 8.93. The fourth-order valence-electron chi connectivity index (χ4n) is 3.28. The highest BCUT2D eigenvalue weighted by Crippen LogP contribution is 2.24. The van der Waals surface area contributed by atoms with Crippen molar-refractivity contribution < 1.29 is 18.1 Å². The number of aromatic nitrogens is 4. The molecule has 1 aromatic carbocycles. The molecule has 0 N–H and O–H groups in total. The summed E-state index contributed by atoms with van der Waals surface area (Å²) >= 11 is 0. The lowest BCUT2D eigenvalue weighted by Crippen LogP contribution is -2.39. The number of halogens is 2. The number of hydrogen-bond donors (Lipinski definition) is 0. The minimum absolute atomic E-state index is 0.232. The van der Waals surface area contributed by atoms with Crippen LogP contribution in [0.5, 0.6) is 0 Å². The third-order valence-corrected chi connectivity index (χ3v) is 4.78. The maximum atomic E-state index is 13.8. The van der Waals surface area contributed by atoms with Crippen LogP contribution in [0.15, 0.2) is 41.3 Å². The van der Waals surface area contributed by atoms with E-state index in [0.717, 1.165) is 18.2 Å². The summed E-state index contributed by atoms with van der Waals surface area (Å²) in [6.07, 6.45) is 6.69. The number of carbonyl (C=O) groups excluding carboxylic acids is 1. The molecule has 0 bridgehead atoms. The first kappa shape index (κ1) is 18.1. The molecule has 2 aromatic heterocycles. The van der Waals surface area contributed by atoms with Gasteiger partial charge in [0.05, 0.1) is 11.8 Å². The van der Waals surface area contributed by atoms with E-state index in [1.54, 1.807) is 23.5 Å². The van der Waals surface area contributed by atoms with Gasteiger partial charge < -0.3 is 9.42 Å². The van der Waals surface area contributed by atoms with Crippen LogP contribution in [-0.4, -0.2) is 44.0 Å². The first-order valence-electron chi connectivity index (χ1n) is 8.93. The molecule has 1 fully saturated rings. The molecule has 144 valence electrons. The minimum atomic E-state index is -0.712. The highest BCUT2D eigenvalue weighted by Gasteiger charge is 2.27. The summed E-state index contributed by atoms with van der Waals surface area (Å²) in [4.78, 5) is 26.5. The molecule has 9 heteroatoms. The van der Waals surface area contributed by atoms with Crippen LogP contribution in [0.4, 0.5) is 8.78 Å². The molecular weight excluding hydrogens is 368 g/mol. The van der Waals surface area contributed by atoms with Crippen LogP contribution in [0, 0.1) is 17.6 Å². The molecule has 1 amide bonds. The van der Waals surface area contributed by atoms with E-state index in [0.29, 0.717) is 49.8 Å². The molecule has 0 unspecified atom stereocenters. The van der Waals surface area contributed by atoms with Gasteiger partial charge in [0, 0.05) is 31.9 Å². The quantitative estimate of drug-likeness (QED) is 0.687. The Labute approximate surface area is 159 Å². The van der Waals surface area contributed by atoms with Gasteiger partial charge in [-0.25, -0.2) is 13.8 Å². The summed E-state index contributed by atoms with van der Waals surface area (Å²) < 4.78 is 32.5. The Morgan fingerprint density at radius 3 is 2.79 bits per heavy atom. The van der Waals surface area contributed by atoms with Crippen LogP contribution in [-0.2, 0) is 6.42 Å². The summed E-state index contributed by atoms with van der Waals surface area (Å²) in [5.41, 5.74) is 0.305. The second-order valence-corrected chi connectivity index (χ2v) is 6.67. The normalized spacial score (nSPS) is 15.0. The second-order valence-electron chi connectivity index (χ2n) is 6.67. The topological polar surface area (TPSA) is 85.0 Å². The van der Waals surface area contributed by atoms with Crippen molar-refractivity contribution in [1.82, 2.24) is 25.0 Å². The van der Waals surface area contributed by atoms with E-state index >= 15 is 0 Å². The summed E-state index contributed by atoms with van der Waals surface area (Å²) in [7, 11) is 0. The fourth-order valence-corrected chi connectivity index (χ4v) is 3.28. The Balaban J connectivity index is 1.35. The number of amides is 1. The van der Waals surface area contributed by atoms with Crippen molar-refractivity contribution in [3.63, 3.8) is 0 Å². The van der Waals surface area contributed by atoms with Gasteiger partial charge >= 0.3 is 0 Å². The van der Waals surface area contributed by atoms with Crippen LogP contribution < -0.4 is 0 Å². The van der Waals surface area contributed by atoms with Crippen molar-refractivity contribution in [2.45, 2.75) is 19.3 Å².